The molecule has 0 radical (unpaired) electrons. The summed E-state index contributed by atoms with van der Waals surface area (Å²) in [4.78, 5) is 39.1. The standard InChI is InChI=1S/C25H22N2O6/c28-23(29)15-33-27-24(30)17-11-9-16(10-12-17)13-26-25(31)32-14-22-20-7-3-1-5-18(20)19-6-2-4-8-21(19)22/h1-12,22H,13-15H2,(H,26,31)(H,27,30)(H,28,29). The Hall–Kier alpha value is -4.17. The molecule has 3 aromatic carbocycles. The van der Waals surface area contributed by atoms with Crippen LogP contribution in [0.2, 0.25) is 0 Å². The van der Waals surface area contributed by atoms with Crippen LogP contribution in [0.1, 0.15) is 33.0 Å². The smallest absolute Gasteiger partial charge is 0.407 e. The third-order valence-corrected chi connectivity index (χ3v) is 5.36. The third-order valence-electron chi connectivity index (χ3n) is 5.36. The molecule has 2 amide bonds. The van der Waals surface area contributed by atoms with E-state index in [0.29, 0.717) is 5.56 Å². The molecule has 8 nitrogen and oxygen atoms in total. The highest BCUT2D eigenvalue weighted by molar-refractivity contribution is 5.93. The van der Waals surface area contributed by atoms with Gasteiger partial charge in [0, 0.05) is 18.0 Å². The molecule has 0 heterocycles. The van der Waals surface area contributed by atoms with Crippen LogP contribution in [0.15, 0.2) is 72.8 Å². The van der Waals surface area contributed by atoms with Crippen molar-refractivity contribution in [3.05, 3.63) is 95.1 Å². The predicted octanol–water partition coefficient (Wildman–Crippen LogP) is 3.47. The highest BCUT2D eigenvalue weighted by Gasteiger charge is 2.28. The van der Waals surface area contributed by atoms with Crippen molar-refractivity contribution in [1.29, 1.82) is 0 Å². The first-order valence-corrected chi connectivity index (χ1v) is 10.3. The van der Waals surface area contributed by atoms with Gasteiger partial charge in [0.25, 0.3) is 5.91 Å². The Labute approximate surface area is 190 Å². The van der Waals surface area contributed by atoms with Crippen LogP contribution < -0.4 is 10.8 Å². The number of hydroxylamine groups is 1. The monoisotopic (exact) mass is 446 g/mol. The summed E-state index contributed by atoms with van der Waals surface area (Å²) in [6.45, 7) is -0.169. The molecule has 0 saturated heterocycles. The SMILES string of the molecule is O=C(O)CONC(=O)c1ccc(CNC(=O)OCC2c3ccccc3-c3ccccc32)cc1. The fraction of sp³-hybridized carbons (Fsp3) is 0.160. The molecule has 0 aromatic heterocycles. The zero-order valence-electron chi connectivity index (χ0n) is 17.6. The number of carboxylic acid groups (broad SMARTS) is 1. The summed E-state index contributed by atoms with van der Waals surface area (Å²) in [7, 11) is 0. The molecule has 3 aromatic rings. The average molecular weight is 446 g/mol. The van der Waals surface area contributed by atoms with Gasteiger partial charge in [-0.3, -0.25) is 9.63 Å². The van der Waals surface area contributed by atoms with E-state index in [2.05, 4.69) is 34.4 Å². The summed E-state index contributed by atoms with van der Waals surface area (Å²) < 4.78 is 5.51. The van der Waals surface area contributed by atoms with Crippen molar-refractivity contribution in [3.8, 4) is 11.1 Å². The second kappa shape index (κ2) is 9.97. The van der Waals surface area contributed by atoms with Crippen molar-refractivity contribution in [3.63, 3.8) is 0 Å². The quantitative estimate of drug-likeness (QED) is 0.457. The maximum absolute atomic E-state index is 12.3. The van der Waals surface area contributed by atoms with Crippen molar-refractivity contribution < 1.29 is 29.1 Å². The molecule has 1 aliphatic rings. The van der Waals surface area contributed by atoms with Gasteiger partial charge in [-0.05, 0) is 39.9 Å². The Morgan fingerprint density at radius 1 is 0.848 bits per heavy atom. The Bertz CT molecular complexity index is 1130. The van der Waals surface area contributed by atoms with E-state index in [1.165, 1.54) is 11.1 Å². The molecule has 8 heteroatoms. The first-order valence-electron chi connectivity index (χ1n) is 10.3. The van der Waals surface area contributed by atoms with E-state index in [0.717, 1.165) is 16.7 Å². The molecule has 0 spiro atoms. The molecule has 1 aliphatic carbocycles. The molecular weight excluding hydrogens is 424 g/mol. The van der Waals surface area contributed by atoms with Crippen LogP contribution in [-0.2, 0) is 20.9 Å². The molecule has 0 unspecified atom stereocenters. The van der Waals surface area contributed by atoms with Crippen LogP contribution in [-0.4, -0.2) is 36.3 Å². The van der Waals surface area contributed by atoms with Crippen LogP contribution >= 0.6 is 0 Å². The second-order valence-electron chi connectivity index (χ2n) is 7.49. The Kier molecular flexibility index (Phi) is 6.66. The van der Waals surface area contributed by atoms with Crippen molar-refractivity contribution in [1.82, 2.24) is 10.8 Å². The first-order chi connectivity index (χ1) is 16.0. The van der Waals surface area contributed by atoms with Gasteiger partial charge in [0.1, 0.15) is 6.61 Å². The Morgan fingerprint density at radius 2 is 1.45 bits per heavy atom. The Morgan fingerprint density at radius 3 is 2.06 bits per heavy atom. The zero-order valence-corrected chi connectivity index (χ0v) is 17.6. The van der Waals surface area contributed by atoms with Gasteiger partial charge in [-0.2, -0.15) is 0 Å². The second-order valence-corrected chi connectivity index (χ2v) is 7.49. The minimum Gasteiger partial charge on any atom is -0.479 e. The lowest BCUT2D eigenvalue weighted by molar-refractivity contribution is -0.144. The molecule has 0 bridgehead atoms. The highest BCUT2D eigenvalue weighted by Crippen LogP contribution is 2.44. The molecule has 0 saturated carbocycles. The van der Waals surface area contributed by atoms with Crippen molar-refractivity contribution >= 4 is 18.0 Å². The van der Waals surface area contributed by atoms with Gasteiger partial charge in [0.05, 0.1) is 0 Å². The van der Waals surface area contributed by atoms with E-state index < -0.39 is 24.6 Å². The van der Waals surface area contributed by atoms with Gasteiger partial charge in [-0.1, -0.05) is 60.7 Å². The summed E-state index contributed by atoms with van der Waals surface area (Å²) in [5.74, 6) is -1.76. The number of ether oxygens (including phenoxy) is 1. The summed E-state index contributed by atoms with van der Waals surface area (Å²) in [5, 5.41) is 11.2. The van der Waals surface area contributed by atoms with Gasteiger partial charge in [0.15, 0.2) is 6.61 Å². The number of carbonyl (C=O) groups is 3. The Balaban J connectivity index is 1.28. The van der Waals surface area contributed by atoms with Crippen LogP contribution in [0.25, 0.3) is 11.1 Å². The van der Waals surface area contributed by atoms with Gasteiger partial charge in [-0.25, -0.2) is 15.1 Å². The number of hydrogen-bond acceptors (Lipinski definition) is 5. The van der Waals surface area contributed by atoms with Gasteiger partial charge in [0.2, 0.25) is 0 Å². The summed E-state index contributed by atoms with van der Waals surface area (Å²) in [6.07, 6.45) is -0.527. The number of benzene rings is 3. The minimum absolute atomic E-state index is 0.00991. The molecule has 4 rings (SSSR count). The van der Waals surface area contributed by atoms with Gasteiger partial charge in [-0.15, -0.1) is 0 Å². The van der Waals surface area contributed by atoms with E-state index in [-0.39, 0.29) is 19.1 Å². The fourth-order valence-corrected chi connectivity index (χ4v) is 3.82. The van der Waals surface area contributed by atoms with Gasteiger partial charge >= 0.3 is 12.1 Å². The number of carbonyl (C=O) groups excluding carboxylic acids is 2. The third kappa shape index (κ3) is 5.19. The van der Waals surface area contributed by atoms with Crippen molar-refractivity contribution in [2.75, 3.05) is 13.2 Å². The van der Waals surface area contributed by atoms with Crippen LogP contribution in [0.3, 0.4) is 0 Å². The molecule has 0 aliphatic heterocycles. The normalized spacial score (nSPS) is 11.9. The molecule has 0 fully saturated rings. The molecular formula is C25H22N2O6. The lowest BCUT2D eigenvalue weighted by atomic mass is 9.98. The summed E-state index contributed by atoms with van der Waals surface area (Å²) in [5.41, 5.74) is 7.74. The molecule has 3 N–H and O–H groups in total. The van der Waals surface area contributed by atoms with E-state index in [4.69, 9.17) is 9.84 Å². The maximum atomic E-state index is 12.3. The molecule has 33 heavy (non-hydrogen) atoms. The van der Waals surface area contributed by atoms with Crippen LogP contribution in [0, 0.1) is 0 Å². The van der Waals surface area contributed by atoms with Crippen molar-refractivity contribution in [2.45, 2.75) is 12.5 Å². The van der Waals surface area contributed by atoms with E-state index in [9.17, 15) is 14.4 Å². The number of fused-ring (bicyclic) bond motifs is 3. The molecule has 0 atom stereocenters. The zero-order chi connectivity index (χ0) is 23.2. The fourth-order valence-electron chi connectivity index (χ4n) is 3.82. The van der Waals surface area contributed by atoms with Gasteiger partial charge < -0.3 is 15.2 Å². The topological polar surface area (TPSA) is 114 Å². The first kappa shape index (κ1) is 22.0. The largest absolute Gasteiger partial charge is 0.479 e. The van der Waals surface area contributed by atoms with Crippen molar-refractivity contribution in [2.24, 2.45) is 0 Å². The number of carboxylic acids is 1. The van der Waals surface area contributed by atoms with Crippen LogP contribution in [0.4, 0.5) is 4.79 Å². The number of rotatable bonds is 8. The number of hydrogen-bond donors (Lipinski definition) is 3. The van der Waals surface area contributed by atoms with E-state index in [1.807, 2.05) is 29.7 Å². The van der Waals surface area contributed by atoms with E-state index >= 15 is 0 Å². The predicted molar refractivity (Wildman–Crippen MR) is 119 cm³/mol. The lowest BCUT2D eigenvalue weighted by Gasteiger charge is -2.14. The van der Waals surface area contributed by atoms with E-state index in [1.54, 1.807) is 24.3 Å². The number of alkyl carbamates (subject to hydrolysis) is 1. The number of aliphatic carboxylic acids is 1. The van der Waals surface area contributed by atoms with Crippen LogP contribution in [0.5, 0.6) is 0 Å². The summed E-state index contributed by atoms with van der Waals surface area (Å²) in [6, 6.07) is 22.7. The minimum atomic E-state index is -1.19. The maximum Gasteiger partial charge on any atom is 0.407 e. The number of amides is 2. The number of nitrogens with one attached hydrogen (secondary N) is 2. The molecule has 168 valence electrons. The summed E-state index contributed by atoms with van der Waals surface area (Å²) >= 11 is 0. The lowest BCUT2D eigenvalue weighted by Crippen LogP contribution is -2.27. The average Bonchev–Trinajstić information content (AvgIpc) is 3.15. The highest BCUT2D eigenvalue weighted by atomic mass is 16.7.